The summed E-state index contributed by atoms with van der Waals surface area (Å²) >= 11 is 0. The lowest BCUT2D eigenvalue weighted by Gasteiger charge is -2.09. The van der Waals surface area contributed by atoms with E-state index < -0.39 is 5.97 Å². The summed E-state index contributed by atoms with van der Waals surface area (Å²) in [7, 11) is 1.52. The maximum Gasteiger partial charge on any atom is 0.356 e. The molecule has 1 amide bonds. The molecule has 152 valence electrons. The van der Waals surface area contributed by atoms with Crippen LogP contribution in [0.5, 0.6) is 0 Å². The van der Waals surface area contributed by atoms with E-state index >= 15 is 0 Å². The Bertz CT molecular complexity index is 1270. The maximum atomic E-state index is 12.8. The lowest BCUT2D eigenvalue weighted by molar-refractivity contribution is 0.0686. The van der Waals surface area contributed by atoms with Crippen molar-refractivity contribution in [1.82, 2.24) is 14.3 Å². The smallest absolute Gasteiger partial charge is 0.356 e. The molecule has 0 bridgehead atoms. The number of rotatable bonds is 5. The van der Waals surface area contributed by atoms with E-state index in [2.05, 4.69) is 34.0 Å². The van der Waals surface area contributed by atoms with Gasteiger partial charge in [0.05, 0.1) is 11.9 Å². The summed E-state index contributed by atoms with van der Waals surface area (Å²) in [6, 6.07) is 15.8. The molecule has 0 atom stereocenters. The Morgan fingerprint density at radius 2 is 1.83 bits per heavy atom. The molecule has 2 N–H and O–H groups in total. The first-order chi connectivity index (χ1) is 14.4. The Morgan fingerprint density at radius 3 is 2.53 bits per heavy atom. The van der Waals surface area contributed by atoms with Crippen LogP contribution in [-0.4, -0.2) is 31.3 Å². The van der Waals surface area contributed by atoms with Gasteiger partial charge in [-0.2, -0.15) is 5.10 Å². The first-order valence-electron chi connectivity index (χ1n) is 9.57. The second-order valence-corrected chi connectivity index (χ2v) is 7.30. The highest BCUT2D eigenvalue weighted by Gasteiger charge is 2.19. The van der Waals surface area contributed by atoms with Crippen LogP contribution in [-0.2, 0) is 13.6 Å². The van der Waals surface area contributed by atoms with E-state index in [9.17, 15) is 14.7 Å². The largest absolute Gasteiger partial charge is 0.476 e. The third-order valence-corrected chi connectivity index (χ3v) is 5.47. The molecule has 0 radical (unpaired) electrons. The predicted molar refractivity (Wildman–Crippen MR) is 115 cm³/mol. The number of hydrogen-bond donors (Lipinski definition) is 2. The number of amides is 1. The third kappa shape index (κ3) is 3.34. The second-order valence-electron chi connectivity index (χ2n) is 7.30. The van der Waals surface area contributed by atoms with Gasteiger partial charge in [-0.3, -0.25) is 9.48 Å². The van der Waals surface area contributed by atoms with Gasteiger partial charge in [-0.1, -0.05) is 30.3 Å². The van der Waals surface area contributed by atoms with Crippen molar-refractivity contribution < 1.29 is 14.7 Å². The first kappa shape index (κ1) is 19.4. The van der Waals surface area contributed by atoms with Crippen LogP contribution in [0, 0.1) is 13.8 Å². The van der Waals surface area contributed by atoms with Crippen LogP contribution in [0.4, 0.5) is 5.69 Å². The molecule has 0 unspecified atom stereocenters. The SMILES string of the molecule is Cc1c(C)n(Cc2ccccc2)c2ccc(C(=O)Nc3cnn(C)c3C(=O)O)cc12. The Labute approximate surface area is 173 Å². The van der Waals surface area contributed by atoms with Crippen LogP contribution in [0.2, 0.25) is 0 Å². The van der Waals surface area contributed by atoms with E-state index in [1.54, 1.807) is 6.07 Å². The minimum atomic E-state index is -1.15. The highest BCUT2D eigenvalue weighted by atomic mass is 16.4. The van der Waals surface area contributed by atoms with Crippen molar-refractivity contribution in [3.8, 4) is 0 Å². The van der Waals surface area contributed by atoms with Crippen LogP contribution in [0.15, 0.2) is 54.7 Å². The monoisotopic (exact) mass is 402 g/mol. The number of hydrogen-bond acceptors (Lipinski definition) is 3. The lowest BCUT2D eigenvalue weighted by atomic mass is 10.1. The standard InChI is InChI=1S/C23H22N4O3/c1-14-15(2)27(13-16-7-5-4-6-8-16)20-10-9-17(11-18(14)20)22(28)25-19-12-24-26(3)21(19)23(29)30/h4-12H,13H2,1-3H3,(H,25,28)(H,29,30). The van der Waals surface area contributed by atoms with Gasteiger partial charge in [-0.15, -0.1) is 0 Å². The number of aromatic carboxylic acids is 1. The summed E-state index contributed by atoms with van der Waals surface area (Å²) in [5, 5.41) is 16.9. The average Bonchev–Trinajstić information content (AvgIpc) is 3.21. The minimum Gasteiger partial charge on any atom is -0.476 e. The number of nitrogens with zero attached hydrogens (tertiary/aromatic N) is 3. The second kappa shape index (κ2) is 7.51. The zero-order valence-electron chi connectivity index (χ0n) is 17.0. The fraction of sp³-hybridized carbons (Fsp3) is 0.174. The number of fused-ring (bicyclic) bond motifs is 1. The van der Waals surface area contributed by atoms with Gasteiger partial charge in [0, 0.05) is 35.8 Å². The maximum absolute atomic E-state index is 12.8. The topological polar surface area (TPSA) is 89.2 Å². The highest BCUT2D eigenvalue weighted by Crippen LogP contribution is 2.28. The molecule has 0 aliphatic rings. The summed E-state index contributed by atoms with van der Waals surface area (Å²) in [5.41, 5.74) is 5.09. The van der Waals surface area contributed by atoms with Gasteiger partial charge < -0.3 is 15.0 Å². The van der Waals surface area contributed by atoms with Crippen LogP contribution in [0.25, 0.3) is 10.9 Å². The molecule has 0 saturated carbocycles. The van der Waals surface area contributed by atoms with Gasteiger partial charge in [-0.05, 0) is 43.2 Å². The van der Waals surface area contributed by atoms with Crippen molar-refractivity contribution in [1.29, 1.82) is 0 Å². The van der Waals surface area contributed by atoms with Crippen LogP contribution in [0.1, 0.15) is 37.7 Å². The van der Waals surface area contributed by atoms with E-state index in [0.717, 1.165) is 28.7 Å². The number of benzene rings is 2. The first-order valence-corrected chi connectivity index (χ1v) is 9.57. The zero-order chi connectivity index (χ0) is 21.4. The number of anilines is 1. The number of carboxylic acid groups (broad SMARTS) is 1. The van der Waals surface area contributed by atoms with E-state index in [1.165, 1.54) is 23.5 Å². The molecule has 2 aromatic heterocycles. The summed E-state index contributed by atoms with van der Waals surface area (Å²) in [6.07, 6.45) is 1.34. The molecule has 2 aromatic carbocycles. The lowest BCUT2D eigenvalue weighted by Crippen LogP contribution is -2.15. The minimum absolute atomic E-state index is 0.0644. The molecule has 0 aliphatic heterocycles. The number of nitrogens with one attached hydrogen (secondary N) is 1. The number of aromatic nitrogens is 3. The van der Waals surface area contributed by atoms with Crippen molar-refractivity contribution in [2.75, 3.05) is 5.32 Å². The molecule has 30 heavy (non-hydrogen) atoms. The fourth-order valence-electron chi connectivity index (χ4n) is 3.74. The van der Waals surface area contributed by atoms with E-state index in [4.69, 9.17) is 0 Å². The van der Waals surface area contributed by atoms with Gasteiger partial charge >= 0.3 is 5.97 Å². The molecular formula is C23H22N4O3. The summed E-state index contributed by atoms with van der Waals surface area (Å²) in [5.74, 6) is -1.52. The van der Waals surface area contributed by atoms with Gasteiger partial charge in [0.25, 0.3) is 5.91 Å². The molecule has 7 nitrogen and oxygen atoms in total. The molecule has 4 aromatic rings. The van der Waals surface area contributed by atoms with Gasteiger partial charge in [0.2, 0.25) is 0 Å². The Hall–Kier alpha value is -3.87. The average molecular weight is 402 g/mol. The van der Waals surface area contributed by atoms with Gasteiger partial charge in [0.15, 0.2) is 5.69 Å². The molecule has 4 rings (SSSR count). The quantitative estimate of drug-likeness (QED) is 0.528. The Balaban J connectivity index is 1.68. The van der Waals surface area contributed by atoms with Crippen LogP contribution in [0.3, 0.4) is 0 Å². The van der Waals surface area contributed by atoms with Crippen molar-refractivity contribution in [2.24, 2.45) is 7.05 Å². The van der Waals surface area contributed by atoms with E-state index in [0.29, 0.717) is 5.56 Å². The van der Waals surface area contributed by atoms with Crippen molar-refractivity contribution in [2.45, 2.75) is 20.4 Å². The summed E-state index contributed by atoms with van der Waals surface area (Å²) in [4.78, 5) is 24.2. The Kier molecular flexibility index (Phi) is 4.87. The van der Waals surface area contributed by atoms with Crippen molar-refractivity contribution in [3.05, 3.63) is 82.8 Å². The van der Waals surface area contributed by atoms with E-state index in [1.807, 2.05) is 37.3 Å². The number of aryl methyl sites for hydroxylation is 2. The molecule has 0 saturated heterocycles. The molecule has 2 heterocycles. The number of carbonyl (C=O) groups excluding carboxylic acids is 1. The van der Waals surface area contributed by atoms with Crippen molar-refractivity contribution >= 4 is 28.5 Å². The predicted octanol–water partition coefficient (Wildman–Crippen LogP) is 3.99. The van der Waals surface area contributed by atoms with Crippen LogP contribution >= 0.6 is 0 Å². The number of carboxylic acids is 1. The number of carbonyl (C=O) groups is 2. The van der Waals surface area contributed by atoms with Crippen LogP contribution < -0.4 is 5.32 Å². The normalized spacial score (nSPS) is 11.0. The zero-order valence-corrected chi connectivity index (χ0v) is 17.0. The molecule has 0 fully saturated rings. The van der Waals surface area contributed by atoms with Crippen molar-refractivity contribution in [3.63, 3.8) is 0 Å². The van der Waals surface area contributed by atoms with Gasteiger partial charge in [0.1, 0.15) is 0 Å². The molecule has 0 spiro atoms. The molecule has 7 heteroatoms. The molecule has 0 aliphatic carbocycles. The Morgan fingerprint density at radius 1 is 1.10 bits per heavy atom. The summed E-state index contributed by atoms with van der Waals surface area (Å²) in [6.45, 7) is 4.87. The summed E-state index contributed by atoms with van der Waals surface area (Å²) < 4.78 is 3.46. The fourth-order valence-corrected chi connectivity index (χ4v) is 3.74. The van der Waals surface area contributed by atoms with E-state index in [-0.39, 0.29) is 17.3 Å². The third-order valence-electron chi connectivity index (χ3n) is 5.47. The highest BCUT2D eigenvalue weighted by molar-refractivity contribution is 6.09. The van der Waals surface area contributed by atoms with Gasteiger partial charge in [-0.25, -0.2) is 4.79 Å². The molecular weight excluding hydrogens is 380 g/mol.